The van der Waals surface area contributed by atoms with E-state index in [1.54, 1.807) is 0 Å². The number of rotatable bonds is 17. The van der Waals surface area contributed by atoms with Gasteiger partial charge >= 0.3 is 29.6 Å². The summed E-state index contributed by atoms with van der Waals surface area (Å²) >= 11 is 0. The summed E-state index contributed by atoms with van der Waals surface area (Å²) in [6.07, 6.45) is 15.0. The molecule has 0 saturated heterocycles. The zero-order valence-corrected chi connectivity index (χ0v) is 19.0. The summed E-state index contributed by atoms with van der Waals surface area (Å²) < 4.78 is 37.2. The Kier molecular flexibility index (Phi) is 21.1. The van der Waals surface area contributed by atoms with Crippen LogP contribution in [0.5, 0.6) is 0 Å². The molecule has 0 radical (unpaired) electrons. The molecule has 140 valence electrons. The fraction of sp³-hybridized carbons (Fsp3) is 1.00. The van der Waals surface area contributed by atoms with Gasteiger partial charge in [-0.25, -0.2) is 8.42 Å². The van der Waals surface area contributed by atoms with Crippen molar-refractivity contribution in [2.45, 2.75) is 90.9 Å². The van der Waals surface area contributed by atoms with Crippen LogP contribution in [0.4, 0.5) is 0 Å². The van der Waals surface area contributed by atoms with E-state index in [0.717, 1.165) is 12.8 Å². The van der Waals surface area contributed by atoms with Crippen LogP contribution in [0.15, 0.2) is 0 Å². The summed E-state index contributed by atoms with van der Waals surface area (Å²) in [6, 6.07) is 0. The molecule has 0 spiro atoms. The number of hydrogen-bond acceptors (Lipinski definition) is 4. The van der Waals surface area contributed by atoms with Crippen molar-refractivity contribution < 1.29 is 47.3 Å². The molecule has 0 aliphatic carbocycles. The maximum absolute atomic E-state index is 10.6. The van der Waals surface area contributed by atoms with Crippen molar-refractivity contribution in [2.24, 2.45) is 5.92 Å². The van der Waals surface area contributed by atoms with E-state index in [4.69, 9.17) is 4.74 Å². The Bertz CT molecular complexity index is 347. The molecule has 0 aromatic heterocycles. The second-order valence-corrected chi connectivity index (χ2v) is 8.13. The third kappa shape index (κ3) is 20.9. The molecule has 0 aliphatic heterocycles. The molecular weight excluding hydrogens is 335 g/mol. The Morgan fingerprint density at radius 1 is 0.833 bits per heavy atom. The van der Waals surface area contributed by atoms with Gasteiger partial charge in [-0.2, -0.15) is 0 Å². The van der Waals surface area contributed by atoms with Crippen molar-refractivity contribution in [1.29, 1.82) is 0 Å². The molecule has 24 heavy (non-hydrogen) atoms. The minimum absolute atomic E-state index is 0. The third-order valence-corrected chi connectivity index (χ3v) is 4.93. The first-order chi connectivity index (χ1) is 11.0. The predicted octanol–water partition coefficient (Wildman–Crippen LogP) is 1.89. The second kappa shape index (κ2) is 18.7. The smallest absolute Gasteiger partial charge is 0.748 e. The van der Waals surface area contributed by atoms with Crippen molar-refractivity contribution in [2.75, 3.05) is 19.0 Å². The summed E-state index contributed by atoms with van der Waals surface area (Å²) in [5.74, 6) is 0.0967. The molecule has 0 N–H and O–H groups in total. The molecule has 1 atom stereocenters. The maximum atomic E-state index is 10.6. The average Bonchev–Trinajstić information content (AvgIpc) is 2.49. The van der Waals surface area contributed by atoms with E-state index < -0.39 is 15.9 Å². The molecule has 4 nitrogen and oxygen atoms in total. The normalized spacial score (nSPS) is 12.8. The van der Waals surface area contributed by atoms with Gasteiger partial charge in [0.15, 0.2) is 0 Å². The Balaban J connectivity index is 0. The van der Waals surface area contributed by atoms with Crippen LogP contribution in [0.25, 0.3) is 0 Å². The van der Waals surface area contributed by atoms with E-state index in [-0.39, 0.29) is 36.2 Å². The molecule has 6 heteroatoms. The number of ether oxygens (including phenoxy) is 1. The first-order valence-corrected chi connectivity index (χ1v) is 11.1. The van der Waals surface area contributed by atoms with Crippen LogP contribution in [0.1, 0.15) is 90.9 Å². The van der Waals surface area contributed by atoms with Crippen molar-refractivity contribution in [3.8, 4) is 0 Å². The SMILES string of the molecule is CCCCCCCCC(CCCCCC)COCCS(=O)(=O)[O-].[Na+]. The third-order valence-electron chi connectivity index (χ3n) is 4.26. The van der Waals surface area contributed by atoms with Gasteiger partial charge in [0.2, 0.25) is 0 Å². The number of hydrogen-bond donors (Lipinski definition) is 0. The fourth-order valence-corrected chi connectivity index (χ4v) is 3.12. The molecule has 0 aliphatic rings. The molecule has 1 unspecified atom stereocenters. The fourth-order valence-electron chi connectivity index (χ4n) is 2.80. The van der Waals surface area contributed by atoms with Crippen LogP contribution in [0, 0.1) is 5.92 Å². The molecule has 0 aromatic rings. The summed E-state index contributed by atoms with van der Waals surface area (Å²) in [6.45, 7) is 5.07. The van der Waals surface area contributed by atoms with Crippen LogP contribution in [0.2, 0.25) is 0 Å². The van der Waals surface area contributed by atoms with Gasteiger partial charge in [-0.1, -0.05) is 78.1 Å². The van der Waals surface area contributed by atoms with Crippen molar-refractivity contribution in [3.63, 3.8) is 0 Å². The summed E-state index contributed by atoms with van der Waals surface area (Å²) in [7, 11) is -4.15. The summed E-state index contributed by atoms with van der Waals surface area (Å²) in [4.78, 5) is 0. The predicted molar refractivity (Wildman–Crippen MR) is 95.6 cm³/mol. The minimum atomic E-state index is -4.15. The number of unbranched alkanes of at least 4 members (excludes halogenated alkanes) is 8. The summed E-state index contributed by atoms with van der Waals surface area (Å²) in [5, 5.41) is 0. The molecular formula is C18H37NaO4S. The summed E-state index contributed by atoms with van der Waals surface area (Å²) in [5.41, 5.74) is 0. The van der Waals surface area contributed by atoms with Gasteiger partial charge in [0.25, 0.3) is 0 Å². The minimum Gasteiger partial charge on any atom is -0.748 e. The largest absolute Gasteiger partial charge is 1.00 e. The first-order valence-electron chi connectivity index (χ1n) is 9.50. The van der Waals surface area contributed by atoms with Crippen molar-refractivity contribution in [1.82, 2.24) is 0 Å². The Morgan fingerprint density at radius 3 is 1.79 bits per heavy atom. The zero-order chi connectivity index (χ0) is 17.4. The van der Waals surface area contributed by atoms with Crippen LogP contribution in [0.3, 0.4) is 0 Å². The van der Waals surface area contributed by atoms with Crippen LogP contribution in [-0.4, -0.2) is 31.9 Å². The van der Waals surface area contributed by atoms with E-state index in [9.17, 15) is 13.0 Å². The van der Waals surface area contributed by atoms with E-state index in [1.807, 2.05) is 0 Å². The van der Waals surface area contributed by atoms with Crippen LogP contribution in [-0.2, 0) is 14.9 Å². The van der Waals surface area contributed by atoms with E-state index in [0.29, 0.717) is 12.5 Å². The molecule has 0 saturated carbocycles. The topological polar surface area (TPSA) is 66.4 Å². The van der Waals surface area contributed by atoms with Crippen molar-refractivity contribution >= 4 is 10.1 Å². The standard InChI is InChI=1S/C18H38O4S.Na/c1-3-5-7-9-10-12-14-18(13-11-8-6-4-2)17-22-15-16-23(19,20)21;/h18H,3-17H2,1-2H3,(H,19,20,21);/q;+1/p-1. The van der Waals surface area contributed by atoms with E-state index in [2.05, 4.69) is 13.8 Å². The van der Waals surface area contributed by atoms with Gasteiger partial charge in [-0.3, -0.25) is 0 Å². The molecule has 0 aromatic carbocycles. The van der Waals surface area contributed by atoms with Crippen LogP contribution >= 0.6 is 0 Å². The molecule has 0 heterocycles. The van der Waals surface area contributed by atoms with Gasteiger partial charge in [-0.15, -0.1) is 0 Å². The molecule has 0 amide bonds. The van der Waals surface area contributed by atoms with Crippen LogP contribution < -0.4 is 29.6 Å². The molecule has 0 rings (SSSR count). The van der Waals surface area contributed by atoms with Crippen molar-refractivity contribution in [3.05, 3.63) is 0 Å². The van der Waals surface area contributed by atoms with E-state index in [1.165, 1.54) is 64.2 Å². The Morgan fingerprint density at radius 2 is 1.29 bits per heavy atom. The zero-order valence-electron chi connectivity index (χ0n) is 16.2. The second-order valence-electron chi connectivity index (χ2n) is 6.61. The molecule has 0 bridgehead atoms. The van der Waals surface area contributed by atoms with Gasteiger partial charge in [0.05, 0.1) is 22.5 Å². The maximum Gasteiger partial charge on any atom is 1.00 e. The monoisotopic (exact) mass is 372 g/mol. The quantitative estimate of drug-likeness (QED) is 0.222. The average molecular weight is 373 g/mol. The first kappa shape index (κ1) is 27.1. The Labute approximate surface area is 172 Å². The van der Waals surface area contributed by atoms with E-state index >= 15 is 0 Å². The van der Waals surface area contributed by atoms with Gasteiger partial charge in [0, 0.05) is 6.61 Å². The van der Waals surface area contributed by atoms with Gasteiger partial charge in [-0.05, 0) is 18.8 Å². The Hall–Kier alpha value is 0.870. The van der Waals surface area contributed by atoms with Gasteiger partial charge < -0.3 is 9.29 Å². The van der Waals surface area contributed by atoms with Gasteiger partial charge in [0.1, 0.15) is 0 Å². The molecule has 0 fully saturated rings.